The van der Waals surface area contributed by atoms with Gasteiger partial charge in [0.05, 0.1) is 0 Å². The van der Waals surface area contributed by atoms with Gasteiger partial charge in [0.2, 0.25) is 0 Å². The van der Waals surface area contributed by atoms with Crippen LogP contribution in [0.25, 0.3) is 34.4 Å². The SMILES string of the molecule is Cc1cccc(-c2cccc3c2C=C(C(C)(Cc2ccccc2)C2=Cc4c(cccc4-c4cccc(C)c4C)C2)C3)c1C. The fourth-order valence-electron chi connectivity index (χ4n) is 7.44. The van der Waals surface area contributed by atoms with E-state index >= 15 is 0 Å². The van der Waals surface area contributed by atoms with E-state index in [1.807, 2.05) is 0 Å². The highest BCUT2D eigenvalue weighted by Gasteiger charge is 2.38. The van der Waals surface area contributed by atoms with Crippen molar-refractivity contribution in [2.75, 3.05) is 0 Å². The first kappa shape index (κ1) is 27.4. The average molecular weight is 557 g/mol. The number of rotatable bonds is 6. The molecule has 0 nitrogen and oxygen atoms in total. The minimum absolute atomic E-state index is 0.1000. The highest BCUT2D eigenvalue weighted by molar-refractivity contribution is 5.86. The largest absolute Gasteiger partial charge is 0.0622 e. The summed E-state index contributed by atoms with van der Waals surface area (Å²) in [7, 11) is 0. The first-order chi connectivity index (χ1) is 20.8. The van der Waals surface area contributed by atoms with Gasteiger partial charge in [-0.1, -0.05) is 133 Å². The third kappa shape index (κ3) is 4.70. The van der Waals surface area contributed by atoms with Crippen molar-refractivity contribution in [1.29, 1.82) is 0 Å². The van der Waals surface area contributed by atoms with Crippen LogP contribution in [0, 0.1) is 33.1 Å². The monoisotopic (exact) mass is 556 g/mol. The third-order valence-electron chi connectivity index (χ3n) is 10.4. The molecule has 0 unspecified atom stereocenters. The van der Waals surface area contributed by atoms with Crippen LogP contribution in [-0.2, 0) is 19.3 Å². The van der Waals surface area contributed by atoms with Gasteiger partial charge in [-0.2, -0.15) is 0 Å². The van der Waals surface area contributed by atoms with Crippen LogP contribution >= 0.6 is 0 Å². The number of allylic oxidation sites excluding steroid dienone is 2. The molecule has 7 rings (SSSR count). The van der Waals surface area contributed by atoms with E-state index in [1.54, 1.807) is 0 Å². The van der Waals surface area contributed by atoms with Crippen molar-refractivity contribution in [3.63, 3.8) is 0 Å². The van der Waals surface area contributed by atoms with Gasteiger partial charge >= 0.3 is 0 Å². The van der Waals surface area contributed by atoms with Crippen LogP contribution in [0.4, 0.5) is 0 Å². The molecular formula is C43H40. The Morgan fingerprint density at radius 3 is 1.42 bits per heavy atom. The van der Waals surface area contributed by atoms with E-state index in [9.17, 15) is 0 Å². The van der Waals surface area contributed by atoms with E-state index in [-0.39, 0.29) is 5.41 Å². The lowest BCUT2D eigenvalue weighted by Crippen LogP contribution is -2.25. The van der Waals surface area contributed by atoms with Crippen molar-refractivity contribution in [1.82, 2.24) is 0 Å². The van der Waals surface area contributed by atoms with Gasteiger partial charge in [-0.25, -0.2) is 0 Å². The molecule has 0 heteroatoms. The van der Waals surface area contributed by atoms with E-state index < -0.39 is 0 Å². The Morgan fingerprint density at radius 1 is 0.488 bits per heavy atom. The Morgan fingerprint density at radius 2 is 0.930 bits per heavy atom. The van der Waals surface area contributed by atoms with Crippen LogP contribution in [-0.4, -0.2) is 0 Å². The topological polar surface area (TPSA) is 0 Å². The molecule has 5 aromatic carbocycles. The maximum atomic E-state index is 2.55. The zero-order chi connectivity index (χ0) is 29.7. The van der Waals surface area contributed by atoms with Gasteiger partial charge in [-0.3, -0.25) is 0 Å². The average Bonchev–Trinajstić information content (AvgIpc) is 3.66. The maximum absolute atomic E-state index is 2.55. The summed E-state index contributed by atoms with van der Waals surface area (Å²) in [6.45, 7) is 11.5. The molecule has 212 valence electrons. The number of hydrogen-bond acceptors (Lipinski definition) is 0. The zero-order valence-electron chi connectivity index (χ0n) is 26.1. The van der Waals surface area contributed by atoms with Gasteiger partial charge in [0.1, 0.15) is 0 Å². The molecule has 0 saturated carbocycles. The summed E-state index contributed by atoms with van der Waals surface area (Å²) >= 11 is 0. The first-order valence-corrected chi connectivity index (χ1v) is 15.7. The molecule has 5 aromatic rings. The van der Waals surface area contributed by atoms with Crippen LogP contribution in [0.1, 0.15) is 57.0 Å². The number of fused-ring (bicyclic) bond motifs is 2. The number of hydrogen-bond donors (Lipinski definition) is 0. The molecule has 0 bridgehead atoms. The normalized spacial score (nSPS) is 13.9. The zero-order valence-corrected chi connectivity index (χ0v) is 26.1. The van der Waals surface area contributed by atoms with Crippen LogP contribution in [0.2, 0.25) is 0 Å². The summed E-state index contributed by atoms with van der Waals surface area (Å²) in [5, 5.41) is 0. The predicted molar refractivity (Wildman–Crippen MR) is 184 cm³/mol. The second-order valence-electron chi connectivity index (χ2n) is 12.9. The predicted octanol–water partition coefficient (Wildman–Crippen LogP) is 11.1. The van der Waals surface area contributed by atoms with Gasteiger partial charge in [-0.15, -0.1) is 0 Å². The molecule has 43 heavy (non-hydrogen) atoms. The quantitative estimate of drug-likeness (QED) is 0.195. The van der Waals surface area contributed by atoms with Crippen molar-refractivity contribution in [3.8, 4) is 22.3 Å². The Labute approximate surface area is 257 Å². The van der Waals surface area contributed by atoms with Crippen LogP contribution in [0.5, 0.6) is 0 Å². The number of aryl methyl sites for hydroxylation is 2. The highest BCUT2D eigenvalue weighted by Crippen LogP contribution is 2.51. The van der Waals surface area contributed by atoms with E-state index in [4.69, 9.17) is 0 Å². The van der Waals surface area contributed by atoms with Crippen LogP contribution in [0.15, 0.2) is 114 Å². The maximum Gasteiger partial charge on any atom is 0.0146 e. The Hall–Kier alpha value is -4.42. The van der Waals surface area contributed by atoms with Crippen molar-refractivity contribution in [3.05, 3.63) is 164 Å². The summed E-state index contributed by atoms with van der Waals surface area (Å²) in [5.41, 5.74) is 20.9. The molecule has 0 radical (unpaired) electrons. The molecule has 0 spiro atoms. The van der Waals surface area contributed by atoms with E-state index in [0.717, 1.165) is 19.3 Å². The second kappa shape index (κ2) is 10.7. The lowest BCUT2D eigenvalue weighted by atomic mass is 9.70. The molecule has 2 aliphatic rings. The summed E-state index contributed by atoms with van der Waals surface area (Å²) in [4.78, 5) is 0. The second-order valence-corrected chi connectivity index (χ2v) is 12.9. The number of benzene rings is 5. The lowest BCUT2D eigenvalue weighted by molar-refractivity contribution is 0.466. The molecule has 0 heterocycles. The van der Waals surface area contributed by atoms with Crippen LogP contribution < -0.4 is 0 Å². The fraction of sp³-hybridized carbons (Fsp3) is 0.209. The van der Waals surface area contributed by atoms with Gasteiger partial charge in [0.15, 0.2) is 0 Å². The first-order valence-electron chi connectivity index (χ1n) is 15.7. The van der Waals surface area contributed by atoms with Gasteiger partial charge in [-0.05, 0) is 119 Å². The summed E-state index contributed by atoms with van der Waals surface area (Å²) < 4.78 is 0. The third-order valence-corrected chi connectivity index (χ3v) is 10.4. The molecule has 0 N–H and O–H groups in total. The lowest BCUT2D eigenvalue weighted by Gasteiger charge is -2.34. The Balaban J connectivity index is 1.36. The van der Waals surface area contributed by atoms with Gasteiger partial charge in [0.25, 0.3) is 0 Å². The minimum Gasteiger partial charge on any atom is -0.0622 e. The van der Waals surface area contributed by atoms with Gasteiger partial charge in [0, 0.05) is 5.41 Å². The Kier molecular flexibility index (Phi) is 6.82. The minimum atomic E-state index is -0.1000. The molecule has 0 saturated heterocycles. The van der Waals surface area contributed by atoms with Crippen molar-refractivity contribution in [2.45, 2.75) is 53.9 Å². The standard InChI is InChI=1S/C43H40/c1-28-13-9-19-37(30(28)3)39-21-11-17-33-23-35(25-41(33)39)43(5,27-32-15-7-6-8-16-32)36-24-34-18-12-22-40(42(34)26-36)38-20-10-14-29(2)31(38)4/h6-22,25-26H,23-24,27H2,1-5H3. The fourth-order valence-corrected chi connectivity index (χ4v) is 7.44. The van der Waals surface area contributed by atoms with E-state index in [0.29, 0.717) is 0 Å². The van der Waals surface area contributed by atoms with E-state index in [2.05, 4.69) is 150 Å². The van der Waals surface area contributed by atoms with E-state index in [1.165, 1.54) is 83.5 Å². The van der Waals surface area contributed by atoms with Crippen LogP contribution in [0.3, 0.4) is 0 Å². The summed E-state index contributed by atoms with van der Waals surface area (Å²) in [6, 6.07) is 38.3. The summed E-state index contributed by atoms with van der Waals surface area (Å²) in [6.07, 6.45) is 8.07. The Bertz CT molecular complexity index is 1810. The molecule has 0 aliphatic heterocycles. The smallest absolute Gasteiger partial charge is 0.0146 e. The summed E-state index contributed by atoms with van der Waals surface area (Å²) in [5.74, 6) is 0. The molecule has 2 aliphatic carbocycles. The van der Waals surface area contributed by atoms with Crippen molar-refractivity contribution in [2.24, 2.45) is 5.41 Å². The molecule has 0 fully saturated rings. The van der Waals surface area contributed by atoms with Crippen molar-refractivity contribution < 1.29 is 0 Å². The molecule has 0 atom stereocenters. The highest BCUT2D eigenvalue weighted by atomic mass is 14.4. The molecule has 0 aromatic heterocycles. The van der Waals surface area contributed by atoms with Crippen molar-refractivity contribution >= 4 is 12.2 Å². The molecular weight excluding hydrogens is 516 g/mol. The van der Waals surface area contributed by atoms with Gasteiger partial charge < -0.3 is 0 Å². The molecule has 0 amide bonds.